The number of ether oxygens (including phenoxy) is 1. The Kier molecular flexibility index (Phi) is 5.37. The average Bonchev–Trinajstić information content (AvgIpc) is 2.46. The topological polar surface area (TPSA) is 63.6 Å². The Bertz CT molecular complexity index is 509. The van der Waals surface area contributed by atoms with Gasteiger partial charge in [0.25, 0.3) is 0 Å². The largest absolute Gasteiger partial charge is 0.478 e. The van der Waals surface area contributed by atoms with Gasteiger partial charge >= 0.3 is 11.9 Å². The second kappa shape index (κ2) is 7.25. The van der Waals surface area contributed by atoms with E-state index < -0.39 is 11.9 Å². The molecule has 0 aromatic heterocycles. The zero-order valence-corrected chi connectivity index (χ0v) is 12.4. The molecule has 1 aliphatic rings. The van der Waals surface area contributed by atoms with E-state index in [9.17, 15) is 9.59 Å². The van der Waals surface area contributed by atoms with Crippen LogP contribution < -0.4 is 0 Å². The molecule has 1 saturated carbocycles. The maximum Gasteiger partial charge on any atom is 0.339 e. The molecule has 0 heterocycles. The second-order valence-corrected chi connectivity index (χ2v) is 5.76. The highest BCUT2D eigenvalue weighted by Crippen LogP contribution is 2.26. The van der Waals surface area contributed by atoms with E-state index >= 15 is 0 Å². The Morgan fingerprint density at radius 1 is 1.05 bits per heavy atom. The van der Waals surface area contributed by atoms with Crippen LogP contribution in [-0.4, -0.2) is 23.1 Å². The molecule has 1 fully saturated rings. The summed E-state index contributed by atoms with van der Waals surface area (Å²) < 4.78 is 5.61. The van der Waals surface area contributed by atoms with Crippen molar-refractivity contribution in [1.82, 2.24) is 0 Å². The van der Waals surface area contributed by atoms with Gasteiger partial charge in [0.1, 0.15) is 6.10 Å². The summed E-state index contributed by atoms with van der Waals surface area (Å²) in [6, 6.07) is 6.21. The van der Waals surface area contributed by atoms with E-state index in [1.807, 2.05) is 0 Å². The highest BCUT2D eigenvalue weighted by atomic mass is 16.5. The molecule has 0 aliphatic heterocycles. The van der Waals surface area contributed by atoms with Crippen molar-refractivity contribution in [1.29, 1.82) is 0 Å². The SMILES string of the molecule is C[C@H]1CCCCCC[C@H]1OC(=O)c1ccccc1C(=O)O. The van der Waals surface area contributed by atoms with Crippen molar-refractivity contribution in [2.24, 2.45) is 5.92 Å². The fourth-order valence-corrected chi connectivity index (χ4v) is 2.86. The molecule has 1 N–H and O–H groups in total. The summed E-state index contributed by atoms with van der Waals surface area (Å²) >= 11 is 0. The zero-order chi connectivity index (χ0) is 15.2. The standard InChI is InChI=1S/C17H22O4/c1-12-8-4-2-3-5-11-15(12)21-17(20)14-10-7-6-9-13(14)16(18)19/h6-7,9-10,12,15H,2-5,8,11H2,1H3,(H,18,19)/t12-,15+/m0/s1. The summed E-state index contributed by atoms with van der Waals surface area (Å²) in [5, 5.41) is 9.15. The van der Waals surface area contributed by atoms with Gasteiger partial charge < -0.3 is 9.84 Å². The molecular formula is C17H22O4. The average molecular weight is 290 g/mol. The maximum absolute atomic E-state index is 12.3. The van der Waals surface area contributed by atoms with Crippen molar-refractivity contribution >= 4 is 11.9 Å². The Morgan fingerprint density at radius 3 is 2.33 bits per heavy atom. The van der Waals surface area contributed by atoms with Crippen molar-refractivity contribution in [3.63, 3.8) is 0 Å². The Hall–Kier alpha value is -1.84. The monoisotopic (exact) mass is 290 g/mol. The summed E-state index contributed by atoms with van der Waals surface area (Å²) in [6.07, 6.45) is 6.45. The number of aromatic carboxylic acids is 1. The normalized spacial score (nSPS) is 22.9. The molecule has 0 radical (unpaired) electrons. The van der Waals surface area contributed by atoms with Gasteiger partial charge in [-0.2, -0.15) is 0 Å². The molecule has 1 aromatic carbocycles. The Balaban J connectivity index is 2.11. The molecule has 1 aliphatic carbocycles. The first kappa shape index (κ1) is 15.5. The zero-order valence-electron chi connectivity index (χ0n) is 12.4. The fraction of sp³-hybridized carbons (Fsp3) is 0.529. The van der Waals surface area contributed by atoms with Crippen LogP contribution in [0, 0.1) is 5.92 Å². The number of rotatable bonds is 3. The molecule has 4 heteroatoms. The van der Waals surface area contributed by atoms with E-state index in [1.54, 1.807) is 12.1 Å². The molecule has 2 atom stereocenters. The van der Waals surface area contributed by atoms with Crippen molar-refractivity contribution in [3.05, 3.63) is 35.4 Å². The molecule has 2 rings (SSSR count). The van der Waals surface area contributed by atoms with E-state index in [2.05, 4.69) is 6.92 Å². The number of carboxylic acids is 1. The van der Waals surface area contributed by atoms with Gasteiger partial charge in [-0.3, -0.25) is 0 Å². The Morgan fingerprint density at radius 2 is 1.67 bits per heavy atom. The van der Waals surface area contributed by atoms with Gasteiger partial charge in [-0.05, 0) is 37.3 Å². The van der Waals surface area contributed by atoms with Crippen molar-refractivity contribution in [2.75, 3.05) is 0 Å². The van der Waals surface area contributed by atoms with Crippen LogP contribution in [0.3, 0.4) is 0 Å². The maximum atomic E-state index is 12.3. The predicted molar refractivity (Wildman–Crippen MR) is 79.5 cm³/mol. The molecule has 21 heavy (non-hydrogen) atoms. The van der Waals surface area contributed by atoms with Gasteiger partial charge in [-0.15, -0.1) is 0 Å². The smallest absolute Gasteiger partial charge is 0.339 e. The third-order valence-electron chi connectivity index (χ3n) is 4.17. The highest BCUT2D eigenvalue weighted by Gasteiger charge is 2.25. The molecule has 0 amide bonds. The summed E-state index contributed by atoms with van der Waals surface area (Å²) in [5.41, 5.74) is 0.139. The first-order valence-corrected chi connectivity index (χ1v) is 7.63. The van der Waals surface area contributed by atoms with Crippen LogP contribution in [0.2, 0.25) is 0 Å². The van der Waals surface area contributed by atoms with Crippen molar-refractivity contribution < 1.29 is 19.4 Å². The Labute approximate surface area is 125 Å². The number of carbonyl (C=O) groups is 2. The second-order valence-electron chi connectivity index (χ2n) is 5.76. The summed E-state index contributed by atoms with van der Waals surface area (Å²) in [5.74, 6) is -1.30. The van der Waals surface area contributed by atoms with Crippen LogP contribution in [0.25, 0.3) is 0 Å². The van der Waals surface area contributed by atoms with Gasteiger partial charge in [0.2, 0.25) is 0 Å². The third kappa shape index (κ3) is 4.06. The molecule has 1 aromatic rings. The van der Waals surface area contributed by atoms with Crippen LogP contribution >= 0.6 is 0 Å². The summed E-state index contributed by atoms with van der Waals surface area (Å²) in [6.45, 7) is 2.10. The molecule has 4 nitrogen and oxygen atoms in total. The minimum atomic E-state index is -1.10. The van der Waals surface area contributed by atoms with E-state index in [0.717, 1.165) is 19.3 Å². The molecule has 0 saturated heterocycles. The van der Waals surface area contributed by atoms with Gasteiger partial charge in [0, 0.05) is 0 Å². The lowest BCUT2D eigenvalue weighted by atomic mass is 9.90. The fourth-order valence-electron chi connectivity index (χ4n) is 2.86. The lowest BCUT2D eigenvalue weighted by Gasteiger charge is -2.26. The number of carboxylic acid groups (broad SMARTS) is 1. The number of benzene rings is 1. The molecule has 0 unspecified atom stereocenters. The van der Waals surface area contributed by atoms with Gasteiger partial charge in [0.15, 0.2) is 0 Å². The van der Waals surface area contributed by atoms with Crippen LogP contribution in [0.15, 0.2) is 24.3 Å². The number of hydrogen-bond donors (Lipinski definition) is 1. The minimum absolute atomic E-state index is 0.000923. The van der Waals surface area contributed by atoms with Crippen LogP contribution in [0.1, 0.15) is 66.2 Å². The third-order valence-corrected chi connectivity index (χ3v) is 4.17. The molecule has 114 valence electrons. The number of esters is 1. The first-order valence-electron chi connectivity index (χ1n) is 7.63. The van der Waals surface area contributed by atoms with E-state index in [1.165, 1.54) is 31.4 Å². The number of hydrogen-bond acceptors (Lipinski definition) is 3. The lowest BCUT2D eigenvalue weighted by Crippen LogP contribution is -2.27. The van der Waals surface area contributed by atoms with Crippen LogP contribution in [0.4, 0.5) is 0 Å². The minimum Gasteiger partial charge on any atom is -0.478 e. The van der Waals surface area contributed by atoms with Gasteiger partial charge in [-0.25, -0.2) is 9.59 Å². The quantitative estimate of drug-likeness (QED) is 0.857. The van der Waals surface area contributed by atoms with Crippen LogP contribution in [-0.2, 0) is 4.74 Å². The summed E-state index contributed by atoms with van der Waals surface area (Å²) in [4.78, 5) is 23.5. The molecule has 0 bridgehead atoms. The van der Waals surface area contributed by atoms with Crippen LogP contribution in [0.5, 0.6) is 0 Å². The molecule has 0 spiro atoms. The first-order chi connectivity index (χ1) is 10.1. The summed E-state index contributed by atoms with van der Waals surface area (Å²) in [7, 11) is 0. The van der Waals surface area contributed by atoms with Crippen molar-refractivity contribution in [2.45, 2.75) is 51.6 Å². The van der Waals surface area contributed by atoms with Crippen molar-refractivity contribution in [3.8, 4) is 0 Å². The van der Waals surface area contributed by atoms with E-state index in [0.29, 0.717) is 5.92 Å². The number of carbonyl (C=O) groups excluding carboxylic acids is 1. The predicted octanol–water partition coefficient (Wildman–Crippen LogP) is 3.90. The van der Waals surface area contributed by atoms with Gasteiger partial charge in [0.05, 0.1) is 11.1 Å². The lowest BCUT2D eigenvalue weighted by molar-refractivity contribution is 0.00927. The van der Waals surface area contributed by atoms with Gasteiger partial charge in [-0.1, -0.05) is 38.3 Å². The van der Waals surface area contributed by atoms with E-state index in [-0.39, 0.29) is 17.2 Å². The molecular weight excluding hydrogens is 268 g/mol. The highest BCUT2D eigenvalue weighted by molar-refractivity contribution is 6.02. The van der Waals surface area contributed by atoms with E-state index in [4.69, 9.17) is 9.84 Å².